The fourth-order valence-electron chi connectivity index (χ4n) is 2.86. The fraction of sp³-hybridized carbons (Fsp3) is 1.00. The Bertz CT molecular complexity index is 223. The summed E-state index contributed by atoms with van der Waals surface area (Å²) < 4.78 is 5.36. The Balaban J connectivity index is 1.79. The predicted molar refractivity (Wildman–Crippen MR) is 70.3 cm³/mol. The Kier molecular flexibility index (Phi) is 4.79. The Labute approximate surface area is 105 Å². The molecule has 2 heterocycles. The Morgan fingerprint density at radius 1 is 1.18 bits per heavy atom. The number of rotatable bonds is 5. The monoisotopic (exact) mass is 241 g/mol. The van der Waals surface area contributed by atoms with Gasteiger partial charge in [-0.05, 0) is 5.92 Å². The summed E-state index contributed by atoms with van der Waals surface area (Å²) >= 11 is 0. The van der Waals surface area contributed by atoms with E-state index in [1.54, 1.807) is 0 Å². The van der Waals surface area contributed by atoms with Crippen LogP contribution in [0.15, 0.2) is 0 Å². The average molecular weight is 241 g/mol. The molecule has 0 spiro atoms. The van der Waals surface area contributed by atoms with E-state index in [2.05, 4.69) is 29.0 Å². The summed E-state index contributed by atoms with van der Waals surface area (Å²) in [7, 11) is 1.81. The number of piperazine rings is 1. The van der Waals surface area contributed by atoms with E-state index in [4.69, 9.17) is 4.74 Å². The molecule has 0 aromatic carbocycles. The molecule has 2 aliphatic heterocycles. The van der Waals surface area contributed by atoms with E-state index in [0.29, 0.717) is 12.0 Å². The highest BCUT2D eigenvalue weighted by atomic mass is 16.5. The molecule has 0 amide bonds. The van der Waals surface area contributed by atoms with Gasteiger partial charge in [0.05, 0.1) is 6.61 Å². The van der Waals surface area contributed by atoms with Crippen molar-refractivity contribution in [3.8, 4) is 0 Å². The van der Waals surface area contributed by atoms with Gasteiger partial charge >= 0.3 is 0 Å². The molecule has 1 atom stereocenters. The number of methoxy groups -OCH3 is 1. The first-order chi connectivity index (χ1) is 8.22. The molecule has 2 rings (SSSR count). The lowest BCUT2D eigenvalue weighted by atomic mass is 10.0. The molecule has 0 radical (unpaired) electrons. The van der Waals surface area contributed by atoms with Crippen LogP contribution in [0.25, 0.3) is 0 Å². The van der Waals surface area contributed by atoms with Gasteiger partial charge in [0.15, 0.2) is 0 Å². The second-order valence-corrected chi connectivity index (χ2v) is 5.65. The van der Waals surface area contributed by atoms with Gasteiger partial charge in [-0.1, -0.05) is 13.8 Å². The Morgan fingerprint density at radius 3 is 2.24 bits per heavy atom. The molecule has 0 aromatic rings. The normalized spacial score (nSPS) is 26.1. The van der Waals surface area contributed by atoms with Crippen LogP contribution >= 0.6 is 0 Å². The van der Waals surface area contributed by atoms with Crippen LogP contribution in [-0.4, -0.2) is 74.9 Å². The maximum atomic E-state index is 5.36. The van der Waals surface area contributed by atoms with Gasteiger partial charge in [0.2, 0.25) is 0 Å². The summed E-state index contributed by atoms with van der Waals surface area (Å²) in [4.78, 5) is 5.24. The van der Waals surface area contributed by atoms with Crippen LogP contribution in [0, 0.1) is 5.92 Å². The zero-order chi connectivity index (χ0) is 12.3. The average Bonchev–Trinajstić information content (AvgIpc) is 2.24. The predicted octanol–water partition coefficient (Wildman–Crippen LogP) is 0.247. The van der Waals surface area contributed by atoms with Crippen molar-refractivity contribution in [1.29, 1.82) is 0 Å². The highest BCUT2D eigenvalue weighted by Crippen LogP contribution is 2.16. The van der Waals surface area contributed by atoms with Crippen molar-refractivity contribution in [3.63, 3.8) is 0 Å². The molecular weight excluding hydrogens is 214 g/mol. The Morgan fingerprint density at radius 2 is 1.82 bits per heavy atom. The van der Waals surface area contributed by atoms with E-state index in [1.807, 2.05) is 7.11 Å². The van der Waals surface area contributed by atoms with E-state index in [9.17, 15) is 0 Å². The summed E-state index contributed by atoms with van der Waals surface area (Å²) in [6.45, 7) is 12.7. The molecule has 0 aromatic heterocycles. The molecule has 1 unspecified atom stereocenters. The van der Waals surface area contributed by atoms with Gasteiger partial charge < -0.3 is 10.1 Å². The van der Waals surface area contributed by atoms with Gasteiger partial charge in [0, 0.05) is 58.5 Å². The third kappa shape index (κ3) is 3.19. The van der Waals surface area contributed by atoms with Crippen molar-refractivity contribution in [2.45, 2.75) is 25.9 Å². The second-order valence-electron chi connectivity index (χ2n) is 5.65. The van der Waals surface area contributed by atoms with Crippen LogP contribution in [-0.2, 0) is 4.74 Å². The molecule has 0 saturated carbocycles. The Hall–Kier alpha value is -0.160. The van der Waals surface area contributed by atoms with Crippen molar-refractivity contribution < 1.29 is 4.74 Å². The van der Waals surface area contributed by atoms with Crippen molar-refractivity contribution in [3.05, 3.63) is 0 Å². The first-order valence-corrected chi connectivity index (χ1v) is 6.90. The van der Waals surface area contributed by atoms with Gasteiger partial charge in [-0.2, -0.15) is 0 Å². The molecule has 2 saturated heterocycles. The lowest BCUT2D eigenvalue weighted by Crippen LogP contribution is -2.63. The second kappa shape index (κ2) is 6.14. The molecule has 17 heavy (non-hydrogen) atoms. The minimum Gasteiger partial charge on any atom is -0.383 e. The summed E-state index contributed by atoms with van der Waals surface area (Å²) in [6.07, 6.45) is 0. The van der Waals surface area contributed by atoms with Crippen LogP contribution in [0.5, 0.6) is 0 Å². The van der Waals surface area contributed by atoms with Crippen molar-refractivity contribution >= 4 is 0 Å². The number of hydrogen-bond donors (Lipinski definition) is 1. The van der Waals surface area contributed by atoms with Crippen LogP contribution in [0.3, 0.4) is 0 Å². The van der Waals surface area contributed by atoms with E-state index in [1.165, 1.54) is 39.3 Å². The lowest BCUT2D eigenvalue weighted by molar-refractivity contribution is 0.0107. The standard InChI is InChI=1S/C13H27N3O/c1-11(2)13(10-17-3)16-6-4-15(5-7-16)12-8-14-9-12/h11-14H,4-10H2,1-3H3. The van der Waals surface area contributed by atoms with Gasteiger partial charge in [-0.25, -0.2) is 0 Å². The molecule has 2 aliphatic rings. The van der Waals surface area contributed by atoms with E-state index < -0.39 is 0 Å². The smallest absolute Gasteiger partial charge is 0.0620 e. The summed E-state index contributed by atoms with van der Waals surface area (Å²) in [5.41, 5.74) is 0. The van der Waals surface area contributed by atoms with Crippen molar-refractivity contribution in [1.82, 2.24) is 15.1 Å². The molecule has 0 aliphatic carbocycles. The minimum atomic E-state index is 0.585. The quantitative estimate of drug-likeness (QED) is 0.746. The third-order valence-electron chi connectivity index (χ3n) is 4.20. The van der Waals surface area contributed by atoms with E-state index in [-0.39, 0.29) is 0 Å². The fourth-order valence-corrected chi connectivity index (χ4v) is 2.86. The van der Waals surface area contributed by atoms with Gasteiger partial charge in [0.25, 0.3) is 0 Å². The highest BCUT2D eigenvalue weighted by Gasteiger charge is 2.30. The summed E-state index contributed by atoms with van der Waals surface area (Å²) in [5.74, 6) is 0.673. The third-order valence-corrected chi connectivity index (χ3v) is 4.20. The van der Waals surface area contributed by atoms with Crippen molar-refractivity contribution in [2.24, 2.45) is 5.92 Å². The van der Waals surface area contributed by atoms with Crippen LogP contribution in [0.1, 0.15) is 13.8 Å². The van der Waals surface area contributed by atoms with Gasteiger partial charge in [-0.3, -0.25) is 9.80 Å². The molecular formula is C13H27N3O. The number of nitrogens with zero attached hydrogens (tertiary/aromatic N) is 2. The molecule has 4 nitrogen and oxygen atoms in total. The van der Waals surface area contributed by atoms with Gasteiger partial charge in [0.1, 0.15) is 0 Å². The molecule has 0 bridgehead atoms. The molecule has 100 valence electrons. The first-order valence-electron chi connectivity index (χ1n) is 6.90. The van der Waals surface area contributed by atoms with Gasteiger partial charge in [-0.15, -0.1) is 0 Å². The minimum absolute atomic E-state index is 0.585. The summed E-state index contributed by atoms with van der Waals surface area (Å²) in [5, 5.41) is 3.36. The largest absolute Gasteiger partial charge is 0.383 e. The zero-order valence-electron chi connectivity index (χ0n) is 11.5. The number of nitrogens with one attached hydrogen (secondary N) is 1. The zero-order valence-corrected chi connectivity index (χ0v) is 11.5. The molecule has 1 N–H and O–H groups in total. The maximum absolute atomic E-state index is 5.36. The van der Waals surface area contributed by atoms with E-state index in [0.717, 1.165) is 12.6 Å². The lowest BCUT2D eigenvalue weighted by Gasteiger charge is -2.45. The maximum Gasteiger partial charge on any atom is 0.0620 e. The van der Waals surface area contributed by atoms with E-state index >= 15 is 0 Å². The topological polar surface area (TPSA) is 27.7 Å². The van der Waals surface area contributed by atoms with Crippen LogP contribution in [0.4, 0.5) is 0 Å². The first kappa shape index (κ1) is 13.3. The summed E-state index contributed by atoms with van der Waals surface area (Å²) in [6, 6.07) is 1.39. The molecule has 2 fully saturated rings. The number of ether oxygens (including phenoxy) is 1. The van der Waals surface area contributed by atoms with Crippen LogP contribution < -0.4 is 5.32 Å². The molecule has 4 heteroatoms. The van der Waals surface area contributed by atoms with Crippen molar-refractivity contribution in [2.75, 3.05) is 53.0 Å². The number of hydrogen-bond acceptors (Lipinski definition) is 4. The van der Waals surface area contributed by atoms with Crippen LogP contribution in [0.2, 0.25) is 0 Å². The SMILES string of the molecule is COCC(C(C)C)N1CCN(C2CNC2)CC1. The highest BCUT2D eigenvalue weighted by molar-refractivity contribution is 4.89.